The summed E-state index contributed by atoms with van der Waals surface area (Å²) in [6.45, 7) is 4.01. The summed E-state index contributed by atoms with van der Waals surface area (Å²) < 4.78 is 1.00. The first-order valence-corrected chi connectivity index (χ1v) is 7.81. The van der Waals surface area contributed by atoms with E-state index in [-0.39, 0.29) is 5.92 Å². The predicted octanol–water partition coefficient (Wildman–Crippen LogP) is 4.80. The summed E-state index contributed by atoms with van der Waals surface area (Å²) in [5, 5.41) is 9.60. The highest BCUT2D eigenvalue weighted by Crippen LogP contribution is 2.29. The molecular weight excluding hydrogens is 328 g/mol. The van der Waals surface area contributed by atoms with Crippen molar-refractivity contribution in [2.24, 2.45) is 5.92 Å². The molecule has 1 N–H and O–H groups in total. The summed E-state index contributed by atoms with van der Waals surface area (Å²) in [6, 6.07) is 15.9. The SMILES string of the molecule is Cc1ccccc1CC(C(=O)O)C(C)c1ccc(Br)cc1. The summed E-state index contributed by atoms with van der Waals surface area (Å²) in [5.41, 5.74) is 3.31. The van der Waals surface area contributed by atoms with Crippen molar-refractivity contribution < 1.29 is 9.90 Å². The van der Waals surface area contributed by atoms with E-state index in [1.165, 1.54) is 0 Å². The summed E-state index contributed by atoms with van der Waals surface area (Å²) in [4.78, 5) is 11.7. The van der Waals surface area contributed by atoms with Gasteiger partial charge in [-0.1, -0.05) is 59.3 Å². The zero-order chi connectivity index (χ0) is 15.4. The molecule has 0 amide bonds. The lowest BCUT2D eigenvalue weighted by Gasteiger charge is -2.21. The first-order chi connectivity index (χ1) is 9.99. The molecule has 0 aliphatic heterocycles. The zero-order valence-electron chi connectivity index (χ0n) is 12.2. The minimum atomic E-state index is -0.742. The van der Waals surface area contributed by atoms with Crippen molar-refractivity contribution in [3.8, 4) is 0 Å². The molecule has 2 aromatic rings. The largest absolute Gasteiger partial charge is 0.481 e. The fourth-order valence-electron chi connectivity index (χ4n) is 2.55. The van der Waals surface area contributed by atoms with Gasteiger partial charge in [0.25, 0.3) is 0 Å². The topological polar surface area (TPSA) is 37.3 Å². The molecule has 21 heavy (non-hydrogen) atoms. The molecule has 2 unspecified atom stereocenters. The molecule has 0 saturated heterocycles. The minimum Gasteiger partial charge on any atom is -0.481 e. The smallest absolute Gasteiger partial charge is 0.307 e. The molecular formula is C18H19BrO2. The van der Waals surface area contributed by atoms with Crippen LogP contribution >= 0.6 is 15.9 Å². The summed E-state index contributed by atoms with van der Waals surface area (Å²) in [6.07, 6.45) is 0.555. The van der Waals surface area contributed by atoms with Gasteiger partial charge in [-0.3, -0.25) is 4.79 Å². The third kappa shape index (κ3) is 3.94. The maximum Gasteiger partial charge on any atom is 0.307 e. The Morgan fingerprint density at radius 3 is 2.33 bits per heavy atom. The lowest BCUT2D eigenvalue weighted by molar-refractivity contribution is -0.142. The van der Waals surface area contributed by atoms with Crippen LogP contribution in [0.1, 0.15) is 29.5 Å². The van der Waals surface area contributed by atoms with E-state index in [0.29, 0.717) is 6.42 Å². The quantitative estimate of drug-likeness (QED) is 0.843. The van der Waals surface area contributed by atoms with Crippen LogP contribution in [-0.4, -0.2) is 11.1 Å². The van der Waals surface area contributed by atoms with Gasteiger partial charge in [0.2, 0.25) is 0 Å². The van der Waals surface area contributed by atoms with E-state index >= 15 is 0 Å². The van der Waals surface area contributed by atoms with Gasteiger partial charge >= 0.3 is 5.97 Å². The lowest BCUT2D eigenvalue weighted by atomic mass is 9.82. The van der Waals surface area contributed by atoms with E-state index in [4.69, 9.17) is 0 Å². The molecule has 2 nitrogen and oxygen atoms in total. The van der Waals surface area contributed by atoms with E-state index < -0.39 is 11.9 Å². The van der Waals surface area contributed by atoms with Gasteiger partial charge in [0.15, 0.2) is 0 Å². The minimum absolute atomic E-state index is 0.0322. The molecule has 2 atom stereocenters. The average molecular weight is 347 g/mol. The fourth-order valence-corrected chi connectivity index (χ4v) is 2.82. The highest BCUT2D eigenvalue weighted by Gasteiger charge is 2.26. The number of hydrogen-bond acceptors (Lipinski definition) is 1. The molecule has 0 fully saturated rings. The van der Waals surface area contributed by atoms with Crippen molar-refractivity contribution >= 4 is 21.9 Å². The number of aliphatic carboxylic acids is 1. The fraction of sp³-hybridized carbons (Fsp3) is 0.278. The molecule has 0 heterocycles. The lowest BCUT2D eigenvalue weighted by Crippen LogP contribution is -2.23. The van der Waals surface area contributed by atoms with Gasteiger partial charge in [0.1, 0.15) is 0 Å². The Hall–Kier alpha value is -1.61. The number of halogens is 1. The summed E-state index contributed by atoms with van der Waals surface area (Å²) in [7, 11) is 0. The number of benzene rings is 2. The van der Waals surface area contributed by atoms with Crippen LogP contribution in [-0.2, 0) is 11.2 Å². The second-order valence-corrected chi connectivity index (χ2v) is 6.33. The molecule has 0 aliphatic carbocycles. The monoisotopic (exact) mass is 346 g/mol. The van der Waals surface area contributed by atoms with Crippen molar-refractivity contribution in [1.29, 1.82) is 0 Å². The molecule has 0 saturated carbocycles. The van der Waals surface area contributed by atoms with Crippen molar-refractivity contribution in [1.82, 2.24) is 0 Å². The number of carboxylic acid groups (broad SMARTS) is 1. The first kappa shape index (κ1) is 15.8. The molecule has 0 bridgehead atoms. The van der Waals surface area contributed by atoms with Crippen molar-refractivity contribution in [3.63, 3.8) is 0 Å². The molecule has 2 aromatic carbocycles. The number of hydrogen-bond donors (Lipinski definition) is 1. The van der Waals surface area contributed by atoms with Gasteiger partial charge in [0, 0.05) is 4.47 Å². The Morgan fingerprint density at radius 1 is 1.14 bits per heavy atom. The molecule has 3 heteroatoms. The Labute approximate surface area is 134 Å². The van der Waals surface area contributed by atoms with Crippen LogP contribution in [0.5, 0.6) is 0 Å². The maximum atomic E-state index is 11.7. The van der Waals surface area contributed by atoms with Crippen LogP contribution in [0, 0.1) is 12.8 Å². The molecule has 0 aromatic heterocycles. The predicted molar refractivity (Wildman–Crippen MR) is 88.6 cm³/mol. The van der Waals surface area contributed by atoms with Crippen LogP contribution in [0.3, 0.4) is 0 Å². The van der Waals surface area contributed by atoms with Crippen LogP contribution in [0.2, 0.25) is 0 Å². The Kier molecular flexibility index (Phi) is 5.18. The highest BCUT2D eigenvalue weighted by atomic mass is 79.9. The van der Waals surface area contributed by atoms with Gasteiger partial charge in [-0.2, -0.15) is 0 Å². The van der Waals surface area contributed by atoms with Gasteiger partial charge in [-0.05, 0) is 48.1 Å². The van der Waals surface area contributed by atoms with E-state index in [0.717, 1.165) is 21.2 Å². The van der Waals surface area contributed by atoms with E-state index in [2.05, 4.69) is 15.9 Å². The van der Waals surface area contributed by atoms with E-state index in [9.17, 15) is 9.90 Å². The second kappa shape index (κ2) is 6.90. The number of carboxylic acids is 1. The first-order valence-electron chi connectivity index (χ1n) is 7.02. The number of carbonyl (C=O) groups is 1. The average Bonchev–Trinajstić information content (AvgIpc) is 2.46. The Morgan fingerprint density at radius 2 is 1.76 bits per heavy atom. The molecule has 0 spiro atoms. The number of rotatable bonds is 5. The Balaban J connectivity index is 2.25. The van der Waals surface area contributed by atoms with Crippen molar-refractivity contribution in [2.75, 3.05) is 0 Å². The van der Waals surface area contributed by atoms with Crippen LogP contribution in [0.4, 0.5) is 0 Å². The van der Waals surface area contributed by atoms with Crippen LogP contribution in [0.25, 0.3) is 0 Å². The molecule has 0 radical (unpaired) electrons. The number of aryl methyl sites for hydroxylation is 1. The molecule has 110 valence electrons. The molecule has 0 aliphatic rings. The molecule has 2 rings (SSSR count). The third-order valence-electron chi connectivity index (χ3n) is 4.02. The van der Waals surface area contributed by atoms with Gasteiger partial charge in [-0.25, -0.2) is 0 Å². The van der Waals surface area contributed by atoms with Gasteiger partial charge < -0.3 is 5.11 Å². The normalized spacial score (nSPS) is 13.7. The zero-order valence-corrected chi connectivity index (χ0v) is 13.8. The summed E-state index contributed by atoms with van der Waals surface area (Å²) >= 11 is 3.41. The van der Waals surface area contributed by atoms with Crippen molar-refractivity contribution in [2.45, 2.75) is 26.2 Å². The maximum absolute atomic E-state index is 11.7. The van der Waals surface area contributed by atoms with Crippen molar-refractivity contribution in [3.05, 3.63) is 69.7 Å². The second-order valence-electron chi connectivity index (χ2n) is 5.42. The van der Waals surface area contributed by atoms with Gasteiger partial charge in [-0.15, -0.1) is 0 Å². The van der Waals surface area contributed by atoms with Crippen LogP contribution in [0.15, 0.2) is 53.0 Å². The third-order valence-corrected chi connectivity index (χ3v) is 4.55. The van der Waals surface area contributed by atoms with E-state index in [1.807, 2.05) is 62.4 Å². The van der Waals surface area contributed by atoms with Gasteiger partial charge in [0.05, 0.1) is 5.92 Å². The van der Waals surface area contributed by atoms with Crippen LogP contribution < -0.4 is 0 Å². The Bertz CT molecular complexity index is 619. The summed E-state index contributed by atoms with van der Waals surface area (Å²) in [5.74, 6) is -1.20. The van der Waals surface area contributed by atoms with E-state index in [1.54, 1.807) is 0 Å². The standard InChI is InChI=1S/C18H19BrO2/c1-12-5-3-4-6-15(12)11-17(18(20)21)13(2)14-7-9-16(19)10-8-14/h3-10,13,17H,11H2,1-2H3,(H,20,21). The highest BCUT2D eigenvalue weighted by molar-refractivity contribution is 9.10.